The summed E-state index contributed by atoms with van der Waals surface area (Å²) in [6.07, 6.45) is 8.34. The van der Waals surface area contributed by atoms with Crippen LogP contribution in [-0.2, 0) is 0 Å². The molecule has 0 amide bonds. The van der Waals surface area contributed by atoms with Crippen LogP contribution in [-0.4, -0.2) is 40.3 Å². The number of nitrogens with zero attached hydrogens (tertiary/aromatic N) is 2. The standard InChI is InChI=1S/C19H26ClN5O/c20-17-12-24-19(25-15-4-2-14(21)3-5-15)11-16(17)13-6-8-23-18(10-13)22-7-1-9-26/h6,8,10-12,14-15,26H,1-5,7,9,21H2,(H,22,23)(H,24,25). The van der Waals surface area contributed by atoms with Crippen LogP contribution in [0.1, 0.15) is 32.1 Å². The number of aromatic nitrogens is 2. The van der Waals surface area contributed by atoms with E-state index in [4.69, 9.17) is 22.4 Å². The summed E-state index contributed by atoms with van der Waals surface area (Å²) in [6, 6.07) is 6.62. The first-order valence-corrected chi connectivity index (χ1v) is 9.52. The molecule has 1 fully saturated rings. The summed E-state index contributed by atoms with van der Waals surface area (Å²) >= 11 is 6.39. The molecule has 1 aliphatic carbocycles. The van der Waals surface area contributed by atoms with Crippen molar-refractivity contribution in [3.05, 3.63) is 35.6 Å². The van der Waals surface area contributed by atoms with Crippen LogP contribution < -0.4 is 16.4 Å². The molecule has 3 rings (SSSR count). The summed E-state index contributed by atoms with van der Waals surface area (Å²) in [5, 5.41) is 16.2. The molecule has 1 aliphatic rings. The van der Waals surface area contributed by atoms with Gasteiger partial charge in [-0.2, -0.15) is 0 Å². The second-order valence-electron chi connectivity index (χ2n) is 6.74. The lowest BCUT2D eigenvalue weighted by Gasteiger charge is -2.27. The minimum absolute atomic E-state index is 0.157. The molecule has 0 aromatic carbocycles. The highest BCUT2D eigenvalue weighted by molar-refractivity contribution is 6.33. The van der Waals surface area contributed by atoms with Crippen molar-refractivity contribution in [2.24, 2.45) is 5.73 Å². The molecule has 0 saturated heterocycles. The van der Waals surface area contributed by atoms with Crippen molar-refractivity contribution in [2.75, 3.05) is 23.8 Å². The molecule has 2 heterocycles. The van der Waals surface area contributed by atoms with Gasteiger partial charge in [-0.1, -0.05) is 11.6 Å². The second-order valence-corrected chi connectivity index (χ2v) is 7.15. The molecule has 7 heteroatoms. The zero-order valence-corrected chi connectivity index (χ0v) is 15.5. The lowest BCUT2D eigenvalue weighted by molar-refractivity contribution is 0.292. The van der Waals surface area contributed by atoms with Crippen molar-refractivity contribution in [1.82, 2.24) is 9.97 Å². The number of hydrogen-bond donors (Lipinski definition) is 4. The van der Waals surface area contributed by atoms with E-state index < -0.39 is 0 Å². The van der Waals surface area contributed by atoms with Gasteiger partial charge in [-0.25, -0.2) is 9.97 Å². The third-order valence-corrected chi connectivity index (χ3v) is 4.99. The molecule has 140 valence electrons. The SMILES string of the molecule is NC1CCC(Nc2cc(-c3ccnc(NCCCO)c3)c(Cl)cn2)CC1. The second kappa shape index (κ2) is 9.16. The van der Waals surface area contributed by atoms with Crippen LogP contribution in [0.3, 0.4) is 0 Å². The maximum atomic E-state index is 8.89. The Balaban J connectivity index is 1.74. The van der Waals surface area contributed by atoms with Crippen LogP contribution in [0.25, 0.3) is 11.1 Å². The number of nitrogens with one attached hydrogen (secondary N) is 2. The molecule has 5 N–H and O–H groups in total. The van der Waals surface area contributed by atoms with Crippen molar-refractivity contribution < 1.29 is 5.11 Å². The Morgan fingerprint density at radius 2 is 1.96 bits per heavy atom. The van der Waals surface area contributed by atoms with Crippen molar-refractivity contribution in [2.45, 2.75) is 44.2 Å². The summed E-state index contributed by atoms with van der Waals surface area (Å²) in [5.74, 6) is 1.59. The quantitative estimate of drug-likeness (QED) is 0.555. The fourth-order valence-corrected chi connectivity index (χ4v) is 3.41. The van der Waals surface area contributed by atoms with E-state index in [9.17, 15) is 0 Å². The summed E-state index contributed by atoms with van der Waals surface area (Å²) in [5.41, 5.74) is 7.88. The topological polar surface area (TPSA) is 96.1 Å². The van der Waals surface area contributed by atoms with Crippen LogP contribution in [0.2, 0.25) is 5.02 Å². The van der Waals surface area contributed by atoms with Gasteiger partial charge < -0.3 is 21.5 Å². The average molecular weight is 376 g/mol. The Kier molecular flexibility index (Phi) is 6.66. The Hall–Kier alpha value is -1.89. The van der Waals surface area contributed by atoms with E-state index in [1.54, 1.807) is 12.4 Å². The van der Waals surface area contributed by atoms with Gasteiger partial charge in [-0.05, 0) is 55.9 Å². The zero-order valence-electron chi connectivity index (χ0n) is 14.8. The molecule has 0 aliphatic heterocycles. The van der Waals surface area contributed by atoms with Crippen LogP contribution in [0, 0.1) is 0 Å². The Morgan fingerprint density at radius 3 is 2.73 bits per heavy atom. The molecule has 0 unspecified atom stereocenters. The highest BCUT2D eigenvalue weighted by atomic mass is 35.5. The minimum atomic E-state index is 0.157. The Labute approximate surface area is 159 Å². The largest absolute Gasteiger partial charge is 0.396 e. The zero-order chi connectivity index (χ0) is 18.4. The van der Waals surface area contributed by atoms with Crippen LogP contribution >= 0.6 is 11.6 Å². The number of nitrogens with two attached hydrogens (primary N) is 1. The fraction of sp³-hybridized carbons (Fsp3) is 0.474. The van der Waals surface area contributed by atoms with E-state index in [-0.39, 0.29) is 6.61 Å². The molecule has 2 aromatic heterocycles. The van der Waals surface area contributed by atoms with Crippen molar-refractivity contribution in [3.63, 3.8) is 0 Å². The molecule has 0 bridgehead atoms. The van der Waals surface area contributed by atoms with E-state index in [0.717, 1.165) is 48.4 Å². The van der Waals surface area contributed by atoms with E-state index in [1.165, 1.54) is 0 Å². The summed E-state index contributed by atoms with van der Waals surface area (Å²) in [6.45, 7) is 0.831. The fourth-order valence-electron chi connectivity index (χ4n) is 3.20. The van der Waals surface area contributed by atoms with E-state index in [0.29, 0.717) is 30.1 Å². The van der Waals surface area contributed by atoms with Gasteiger partial charge in [-0.3, -0.25) is 0 Å². The monoisotopic (exact) mass is 375 g/mol. The summed E-state index contributed by atoms with van der Waals surface area (Å²) in [7, 11) is 0. The number of rotatable bonds is 7. The molecule has 6 nitrogen and oxygen atoms in total. The number of aliphatic hydroxyl groups excluding tert-OH is 1. The third kappa shape index (κ3) is 5.06. The van der Waals surface area contributed by atoms with Crippen LogP contribution in [0.4, 0.5) is 11.6 Å². The molecular formula is C19H26ClN5O. The maximum absolute atomic E-state index is 8.89. The molecule has 0 spiro atoms. The van der Waals surface area contributed by atoms with Gasteiger partial charge in [0.15, 0.2) is 0 Å². The molecule has 26 heavy (non-hydrogen) atoms. The highest BCUT2D eigenvalue weighted by Gasteiger charge is 2.19. The number of halogens is 1. The smallest absolute Gasteiger partial charge is 0.126 e. The average Bonchev–Trinajstić information content (AvgIpc) is 2.66. The van der Waals surface area contributed by atoms with Crippen molar-refractivity contribution in [1.29, 1.82) is 0 Å². The first-order valence-electron chi connectivity index (χ1n) is 9.14. The number of aliphatic hydroxyl groups is 1. The molecule has 0 atom stereocenters. The Morgan fingerprint density at radius 1 is 1.15 bits per heavy atom. The minimum Gasteiger partial charge on any atom is -0.396 e. The van der Waals surface area contributed by atoms with Gasteiger partial charge in [-0.15, -0.1) is 0 Å². The predicted molar refractivity (Wildman–Crippen MR) is 107 cm³/mol. The van der Waals surface area contributed by atoms with Crippen molar-refractivity contribution >= 4 is 23.2 Å². The molecule has 2 aromatic rings. The van der Waals surface area contributed by atoms with Gasteiger partial charge in [0.05, 0.1) is 5.02 Å². The van der Waals surface area contributed by atoms with Crippen LogP contribution in [0.5, 0.6) is 0 Å². The van der Waals surface area contributed by atoms with Gasteiger partial charge in [0.1, 0.15) is 11.6 Å². The molecular weight excluding hydrogens is 350 g/mol. The first kappa shape index (κ1) is 18.9. The predicted octanol–water partition coefficient (Wildman–Crippen LogP) is 3.27. The molecule has 1 saturated carbocycles. The number of pyridine rings is 2. The van der Waals surface area contributed by atoms with Crippen molar-refractivity contribution in [3.8, 4) is 11.1 Å². The third-order valence-electron chi connectivity index (χ3n) is 4.69. The van der Waals surface area contributed by atoms with E-state index in [2.05, 4.69) is 20.6 Å². The van der Waals surface area contributed by atoms with E-state index >= 15 is 0 Å². The van der Waals surface area contributed by atoms with Crippen LogP contribution in [0.15, 0.2) is 30.6 Å². The number of anilines is 2. The number of hydrogen-bond acceptors (Lipinski definition) is 6. The van der Waals surface area contributed by atoms with Gasteiger partial charge in [0.2, 0.25) is 0 Å². The highest BCUT2D eigenvalue weighted by Crippen LogP contribution is 2.31. The lowest BCUT2D eigenvalue weighted by Crippen LogP contribution is -2.33. The first-order chi connectivity index (χ1) is 12.7. The van der Waals surface area contributed by atoms with Gasteiger partial charge in [0, 0.05) is 43.2 Å². The normalized spacial score (nSPS) is 20.0. The Bertz CT molecular complexity index is 719. The van der Waals surface area contributed by atoms with Gasteiger partial charge >= 0.3 is 0 Å². The summed E-state index contributed by atoms with van der Waals surface area (Å²) in [4.78, 5) is 8.74. The lowest BCUT2D eigenvalue weighted by atomic mass is 9.92. The summed E-state index contributed by atoms with van der Waals surface area (Å²) < 4.78 is 0. The van der Waals surface area contributed by atoms with Gasteiger partial charge in [0.25, 0.3) is 0 Å². The molecule has 0 radical (unpaired) electrons. The van der Waals surface area contributed by atoms with E-state index in [1.807, 2.05) is 18.2 Å². The maximum Gasteiger partial charge on any atom is 0.126 e.